The summed E-state index contributed by atoms with van der Waals surface area (Å²) >= 11 is 0. The number of halogens is 6. The maximum absolute atomic E-state index is 12.4. The van der Waals surface area contributed by atoms with Gasteiger partial charge in [0.2, 0.25) is 0 Å². The van der Waals surface area contributed by atoms with Gasteiger partial charge in [0, 0.05) is 0 Å². The van der Waals surface area contributed by atoms with Crippen molar-refractivity contribution in [2.75, 3.05) is 6.61 Å². The summed E-state index contributed by atoms with van der Waals surface area (Å²) in [6.45, 7) is 1.51. The maximum atomic E-state index is 12.4. The average molecular weight is 393 g/mol. The maximum Gasteiger partial charge on any atom is 0.399 e. The molecule has 156 valence electrons. The van der Waals surface area contributed by atoms with Crippen LogP contribution in [0.5, 0.6) is 0 Å². The Bertz CT molecular complexity index is 379. The van der Waals surface area contributed by atoms with E-state index in [1.807, 2.05) is 0 Å². The Morgan fingerprint density at radius 1 is 0.731 bits per heavy atom. The standard InChI is InChI=1S/C17H27F6O3/c1-2-3-4-5-6-7-8-9-10-11-12-13-26-14(24)15(25,16(18,19)20)17(21,22)23/h2-13H2,1H3/q-1. The summed E-state index contributed by atoms with van der Waals surface area (Å²) in [5.74, 6) is -2.84. The first-order valence-electron chi connectivity index (χ1n) is 8.99. The molecule has 0 unspecified atom stereocenters. The van der Waals surface area contributed by atoms with E-state index in [4.69, 9.17) is 0 Å². The van der Waals surface area contributed by atoms with Crippen LogP contribution in [-0.2, 0) is 9.53 Å². The van der Waals surface area contributed by atoms with Gasteiger partial charge < -0.3 is 9.84 Å². The molecule has 0 heterocycles. The molecule has 0 aliphatic heterocycles. The van der Waals surface area contributed by atoms with E-state index in [1.165, 1.54) is 25.7 Å². The molecule has 0 aromatic rings. The molecule has 0 saturated carbocycles. The van der Waals surface area contributed by atoms with Crippen molar-refractivity contribution in [3.8, 4) is 0 Å². The first kappa shape index (κ1) is 25.0. The van der Waals surface area contributed by atoms with Gasteiger partial charge in [-0.25, -0.2) is 0 Å². The summed E-state index contributed by atoms with van der Waals surface area (Å²) in [4.78, 5) is 11.1. The molecular weight excluding hydrogens is 366 g/mol. The predicted molar refractivity (Wildman–Crippen MR) is 82.3 cm³/mol. The van der Waals surface area contributed by atoms with Crippen LogP contribution in [0, 0.1) is 0 Å². The van der Waals surface area contributed by atoms with Crippen molar-refractivity contribution in [2.24, 2.45) is 0 Å². The van der Waals surface area contributed by atoms with E-state index in [-0.39, 0.29) is 6.42 Å². The van der Waals surface area contributed by atoms with Crippen LogP contribution < -0.4 is 5.11 Å². The topological polar surface area (TPSA) is 49.4 Å². The van der Waals surface area contributed by atoms with E-state index in [0.29, 0.717) is 6.42 Å². The lowest BCUT2D eigenvalue weighted by Gasteiger charge is -2.40. The Morgan fingerprint density at radius 3 is 1.42 bits per heavy atom. The normalized spacial score (nSPS) is 13.1. The summed E-state index contributed by atoms with van der Waals surface area (Å²) in [6.07, 6.45) is -2.26. The molecule has 0 saturated heterocycles. The second-order valence-electron chi connectivity index (χ2n) is 6.35. The quantitative estimate of drug-likeness (QED) is 0.250. The molecular formula is C17H27F6O3-. The lowest BCUT2D eigenvalue weighted by molar-refractivity contribution is -0.574. The number of hydrogen-bond acceptors (Lipinski definition) is 3. The summed E-state index contributed by atoms with van der Waals surface area (Å²) in [5.41, 5.74) is -5.74. The van der Waals surface area contributed by atoms with E-state index in [1.54, 1.807) is 0 Å². The first-order chi connectivity index (χ1) is 12.0. The van der Waals surface area contributed by atoms with E-state index >= 15 is 0 Å². The predicted octanol–water partition coefficient (Wildman–Crippen LogP) is 5.06. The molecule has 0 aromatic heterocycles. The molecule has 0 bridgehead atoms. The molecule has 0 spiro atoms. The van der Waals surface area contributed by atoms with Crippen LogP contribution in [0.4, 0.5) is 26.3 Å². The number of ether oxygens (including phenoxy) is 1. The van der Waals surface area contributed by atoms with Crippen LogP contribution in [0.15, 0.2) is 0 Å². The SMILES string of the molecule is CCCCCCCCCCCCCOC(=O)C([O-])(C(F)(F)F)C(F)(F)F. The van der Waals surface area contributed by atoms with Gasteiger partial charge in [0.1, 0.15) is 0 Å². The molecule has 0 radical (unpaired) electrons. The Hall–Kier alpha value is -0.990. The minimum absolute atomic E-state index is 0.119. The molecule has 26 heavy (non-hydrogen) atoms. The zero-order valence-corrected chi connectivity index (χ0v) is 15.0. The summed E-state index contributed by atoms with van der Waals surface area (Å²) in [7, 11) is 0. The number of carbonyl (C=O) groups is 1. The van der Waals surface area contributed by atoms with Gasteiger partial charge in [0.15, 0.2) is 5.60 Å². The van der Waals surface area contributed by atoms with Crippen molar-refractivity contribution in [2.45, 2.75) is 95.5 Å². The molecule has 0 amide bonds. The van der Waals surface area contributed by atoms with Gasteiger partial charge in [-0.15, -0.1) is 0 Å². The Balaban J connectivity index is 3.92. The second-order valence-corrected chi connectivity index (χ2v) is 6.35. The first-order valence-corrected chi connectivity index (χ1v) is 8.99. The minimum atomic E-state index is -6.31. The van der Waals surface area contributed by atoms with Gasteiger partial charge in [-0.1, -0.05) is 71.1 Å². The third kappa shape index (κ3) is 8.14. The molecule has 0 atom stereocenters. The van der Waals surface area contributed by atoms with E-state index in [2.05, 4.69) is 11.7 Å². The van der Waals surface area contributed by atoms with Gasteiger partial charge in [0.25, 0.3) is 0 Å². The monoisotopic (exact) mass is 393 g/mol. The minimum Gasteiger partial charge on any atom is -0.828 e. The van der Waals surface area contributed by atoms with Gasteiger partial charge in [-0.05, 0) is 6.42 Å². The third-order valence-corrected chi connectivity index (χ3v) is 4.07. The molecule has 0 rings (SSSR count). The smallest absolute Gasteiger partial charge is 0.399 e. The fraction of sp³-hybridized carbons (Fsp3) is 0.941. The van der Waals surface area contributed by atoms with Crippen LogP contribution in [-0.4, -0.2) is 30.5 Å². The van der Waals surface area contributed by atoms with Crippen LogP contribution in [0.1, 0.15) is 77.6 Å². The van der Waals surface area contributed by atoms with Crippen LogP contribution >= 0.6 is 0 Å². The molecule has 0 aliphatic rings. The fourth-order valence-electron chi connectivity index (χ4n) is 2.42. The number of rotatable bonds is 13. The Kier molecular flexibility index (Phi) is 11.2. The lowest BCUT2D eigenvalue weighted by atomic mass is 10.0. The second kappa shape index (κ2) is 11.7. The lowest BCUT2D eigenvalue weighted by Crippen LogP contribution is -2.71. The van der Waals surface area contributed by atoms with Crippen LogP contribution in [0.2, 0.25) is 0 Å². The number of unbranched alkanes of at least 4 members (excludes halogenated alkanes) is 10. The van der Waals surface area contributed by atoms with Crippen molar-refractivity contribution < 1.29 is 41.0 Å². The highest BCUT2D eigenvalue weighted by molar-refractivity contribution is 5.81. The zero-order chi connectivity index (χ0) is 20.3. The molecule has 0 N–H and O–H groups in total. The summed E-state index contributed by atoms with van der Waals surface area (Å²) in [6, 6.07) is 0. The van der Waals surface area contributed by atoms with E-state index in [9.17, 15) is 36.2 Å². The number of hydrogen-bond donors (Lipinski definition) is 0. The average Bonchev–Trinajstić information content (AvgIpc) is 2.52. The Labute approximate surface area is 150 Å². The van der Waals surface area contributed by atoms with Gasteiger partial charge >= 0.3 is 18.3 Å². The molecule has 9 heteroatoms. The van der Waals surface area contributed by atoms with Crippen molar-refractivity contribution >= 4 is 5.97 Å². The van der Waals surface area contributed by atoms with Crippen molar-refractivity contribution in [3.05, 3.63) is 0 Å². The third-order valence-electron chi connectivity index (χ3n) is 4.07. The van der Waals surface area contributed by atoms with E-state index in [0.717, 1.165) is 32.1 Å². The van der Waals surface area contributed by atoms with Crippen LogP contribution in [0.3, 0.4) is 0 Å². The molecule has 0 fully saturated rings. The van der Waals surface area contributed by atoms with Gasteiger partial charge in [0.05, 0.1) is 6.61 Å². The van der Waals surface area contributed by atoms with Gasteiger partial charge in [-0.3, -0.25) is 4.79 Å². The van der Waals surface area contributed by atoms with E-state index < -0.39 is 30.5 Å². The molecule has 3 nitrogen and oxygen atoms in total. The number of alkyl halides is 6. The Morgan fingerprint density at radius 2 is 1.08 bits per heavy atom. The number of esters is 1. The van der Waals surface area contributed by atoms with Gasteiger partial charge in [-0.2, -0.15) is 26.3 Å². The molecule has 0 aliphatic carbocycles. The zero-order valence-electron chi connectivity index (χ0n) is 15.0. The highest BCUT2D eigenvalue weighted by atomic mass is 19.4. The molecule has 0 aromatic carbocycles. The summed E-state index contributed by atoms with van der Waals surface area (Å²) < 4.78 is 78.1. The highest BCUT2D eigenvalue weighted by Gasteiger charge is 2.68. The highest BCUT2D eigenvalue weighted by Crippen LogP contribution is 2.41. The number of carbonyl (C=O) groups excluding carboxylic acids is 1. The fourth-order valence-corrected chi connectivity index (χ4v) is 2.42. The van der Waals surface area contributed by atoms with Crippen LogP contribution in [0.25, 0.3) is 0 Å². The van der Waals surface area contributed by atoms with Crippen molar-refractivity contribution in [1.29, 1.82) is 0 Å². The van der Waals surface area contributed by atoms with Crippen molar-refractivity contribution in [1.82, 2.24) is 0 Å². The van der Waals surface area contributed by atoms with Crippen molar-refractivity contribution in [3.63, 3.8) is 0 Å². The largest absolute Gasteiger partial charge is 0.828 e. The summed E-state index contributed by atoms with van der Waals surface area (Å²) in [5, 5.41) is 11.1.